The number of likely N-dealkylation sites (tertiary alicyclic amines) is 1. The molecule has 1 atom stereocenters. The Kier molecular flexibility index (Phi) is 5.20. The third kappa shape index (κ3) is 3.62. The van der Waals surface area contributed by atoms with Crippen LogP contribution in [0.1, 0.15) is 36.1 Å². The monoisotopic (exact) mass is 332 g/mol. The van der Waals surface area contributed by atoms with Crippen LogP contribution in [0.5, 0.6) is 0 Å². The maximum absolute atomic E-state index is 12.5. The Balaban J connectivity index is 1.55. The fourth-order valence-corrected chi connectivity index (χ4v) is 3.14. The van der Waals surface area contributed by atoms with E-state index in [4.69, 9.17) is 9.15 Å². The van der Waals surface area contributed by atoms with Crippen molar-refractivity contribution < 1.29 is 13.9 Å². The highest BCUT2D eigenvalue weighted by molar-refractivity contribution is 5.75. The average molecular weight is 332 g/mol. The Morgan fingerprint density at radius 2 is 2.33 bits per heavy atom. The van der Waals surface area contributed by atoms with Crippen molar-refractivity contribution >= 4 is 6.03 Å². The first kappa shape index (κ1) is 16.6. The third-order valence-corrected chi connectivity index (χ3v) is 4.39. The van der Waals surface area contributed by atoms with Crippen molar-refractivity contribution in [2.24, 2.45) is 7.05 Å². The molecule has 0 radical (unpaired) electrons. The molecular weight excluding hydrogens is 308 g/mol. The number of carbonyl (C=O) groups excluding carboxylic acids is 1. The molecule has 3 rings (SSSR count). The number of aromatic nitrogens is 2. The molecule has 0 aliphatic carbocycles. The van der Waals surface area contributed by atoms with Crippen molar-refractivity contribution in [3.8, 4) is 0 Å². The molecule has 2 aromatic rings. The lowest BCUT2D eigenvalue weighted by Gasteiger charge is -2.23. The summed E-state index contributed by atoms with van der Waals surface area (Å²) in [5.41, 5.74) is 1.10. The SMILES string of the molecule is COCc1ccc(C2CCCN2C(=O)NCCc2ccnn2C)o1. The second kappa shape index (κ2) is 7.53. The molecule has 1 aliphatic rings. The molecule has 0 aromatic carbocycles. The van der Waals surface area contributed by atoms with Gasteiger partial charge in [0.15, 0.2) is 0 Å². The summed E-state index contributed by atoms with van der Waals surface area (Å²) in [5.74, 6) is 1.62. The summed E-state index contributed by atoms with van der Waals surface area (Å²) in [6.07, 6.45) is 4.44. The number of furan rings is 1. The summed E-state index contributed by atoms with van der Waals surface area (Å²) in [5, 5.41) is 7.13. The van der Waals surface area contributed by atoms with Crippen molar-refractivity contribution in [2.45, 2.75) is 31.9 Å². The van der Waals surface area contributed by atoms with Gasteiger partial charge >= 0.3 is 6.03 Å². The van der Waals surface area contributed by atoms with Crippen LogP contribution < -0.4 is 5.32 Å². The molecule has 7 heteroatoms. The summed E-state index contributed by atoms with van der Waals surface area (Å²) >= 11 is 0. The van der Waals surface area contributed by atoms with Crippen LogP contribution >= 0.6 is 0 Å². The van der Waals surface area contributed by atoms with Crippen LogP contribution in [-0.2, 0) is 24.8 Å². The number of hydrogen-bond acceptors (Lipinski definition) is 4. The minimum atomic E-state index is -0.0376. The number of urea groups is 1. The highest BCUT2D eigenvalue weighted by atomic mass is 16.5. The van der Waals surface area contributed by atoms with Crippen molar-refractivity contribution in [3.63, 3.8) is 0 Å². The molecule has 0 spiro atoms. The van der Waals surface area contributed by atoms with Gasteiger partial charge in [-0.2, -0.15) is 5.10 Å². The smallest absolute Gasteiger partial charge is 0.318 e. The van der Waals surface area contributed by atoms with Crippen LogP contribution in [0.25, 0.3) is 0 Å². The lowest BCUT2D eigenvalue weighted by atomic mass is 10.2. The Labute approximate surface area is 141 Å². The zero-order valence-electron chi connectivity index (χ0n) is 14.2. The predicted molar refractivity (Wildman–Crippen MR) is 88.4 cm³/mol. The summed E-state index contributed by atoms with van der Waals surface area (Å²) in [4.78, 5) is 14.4. The molecule has 1 unspecified atom stereocenters. The number of amides is 2. The van der Waals surface area contributed by atoms with Gasteiger partial charge in [-0.25, -0.2) is 4.79 Å². The quantitative estimate of drug-likeness (QED) is 0.880. The van der Waals surface area contributed by atoms with Gasteiger partial charge in [-0.1, -0.05) is 0 Å². The molecule has 0 bridgehead atoms. The first-order valence-corrected chi connectivity index (χ1v) is 8.28. The van der Waals surface area contributed by atoms with Crippen LogP contribution in [0.15, 0.2) is 28.8 Å². The first-order chi connectivity index (χ1) is 11.7. The van der Waals surface area contributed by atoms with Crippen molar-refractivity contribution in [1.29, 1.82) is 0 Å². The number of rotatable bonds is 6. The van der Waals surface area contributed by atoms with E-state index in [0.29, 0.717) is 13.2 Å². The molecule has 1 aliphatic heterocycles. The number of nitrogens with one attached hydrogen (secondary N) is 1. The Hall–Kier alpha value is -2.28. The van der Waals surface area contributed by atoms with Crippen molar-refractivity contribution in [3.05, 3.63) is 41.6 Å². The first-order valence-electron chi connectivity index (χ1n) is 8.28. The van der Waals surface area contributed by atoms with E-state index in [0.717, 1.165) is 43.0 Å². The number of ether oxygens (including phenoxy) is 1. The van der Waals surface area contributed by atoms with Gasteiger partial charge in [0.1, 0.15) is 18.1 Å². The van der Waals surface area contributed by atoms with Crippen LogP contribution in [0, 0.1) is 0 Å². The Morgan fingerprint density at radius 3 is 3.08 bits per heavy atom. The Bertz CT molecular complexity index is 679. The van der Waals surface area contributed by atoms with Gasteiger partial charge in [0.25, 0.3) is 0 Å². The van der Waals surface area contributed by atoms with E-state index in [-0.39, 0.29) is 12.1 Å². The van der Waals surface area contributed by atoms with E-state index >= 15 is 0 Å². The molecule has 130 valence electrons. The molecule has 7 nitrogen and oxygen atoms in total. The largest absolute Gasteiger partial charge is 0.461 e. The number of carbonyl (C=O) groups is 1. The van der Waals surface area contributed by atoms with Crippen LogP contribution in [0.4, 0.5) is 4.79 Å². The molecule has 2 amide bonds. The molecule has 24 heavy (non-hydrogen) atoms. The molecule has 0 saturated carbocycles. The van der Waals surface area contributed by atoms with E-state index in [1.54, 1.807) is 13.3 Å². The van der Waals surface area contributed by atoms with Crippen LogP contribution in [-0.4, -0.2) is 40.9 Å². The summed E-state index contributed by atoms with van der Waals surface area (Å²) in [7, 11) is 3.54. The fraction of sp³-hybridized carbons (Fsp3) is 0.529. The number of methoxy groups -OCH3 is 1. The molecule has 3 heterocycles. The lowest BCUT2D eigenvalue weighted by molar-refractivity contribution is 0.156. The highest BCUT2D eigenvalue weighted by Crippen LogP contribution is 2.33. The topological polar surface area (TPSA) is 72.5 Å². The standard InChI is InChI=1S/C17H24N4O3/c1-20-13(8-10-19-20)7-9-18-17(22)21-11-3-4-15(21)16-6-5-14(24-16)12-23-2/h5-6,8,10,15H,3-4,7,9,11-12H2,1-2H3,(H,18,22). The van der Waals surface area contributed by atoms with E-state index in [9.17, 15) is 4.79 Å². The van der Waals surface area contributed by atoms with Crippen molar-refractivity contribution in [2.75, 3.05) is 20.2 Å². The number of nitrogens with zero attached hydrogens (tertiary/aromatic N) is 3. The normalized spacial score (nSPS) is 17.4. The molecule has 1 N–H and O–H groups in total. The average Bonchev–Trinajstić information content (AvgIpc) is 3.28. The van der Waals surface area contributed by atoms with Gasteiger partial charge in [-0.3, -0.25) is 4.68 Å². The predicted octanol–water partition coefficient (Wildman–Crippen LogP) is 2.25. The molecule has 2 aromatic heterocycles. The van der Waals surface area contributed by atoms with E-state index < -0.39 is 0 Å². The van der Waals surface area contributed by atoms with E-state index in [1.807, 2.05) is 34.8 Å². The maximum atomic E-state index is 12.5. The van der Waals surface area contributed by atoms with Gasteiger partial charge in [0, 0.05) is 45.6 Å². The van der Waals surface area contributed by atoms with Gasteiger partial charge in [-0.05, 0) is 31.0 Å². The summed E-state index contributed by atoms with van der Waals surface area (Å²) in [6, 6.07) is 5.79. The third-order valence-electron chi connectivity index (χ3n) is 4.39. The number of hydrogen-bond donors (Lipinski definition) is 1. The second-order valence-corrected chi connectivity index (χ2v) is 6.02. The summed E-state index contributed by atoms with van der Waals surface area (Å²) in [6.45, 7) is 1.79. The summed E-state index contributed by atoms with van der Waals surface area (Å²) < 4.78 is 12.7. The molecule has 1 saturated heterocycles. The highest BCUT2D eigenvalue weighted by Gasteiger charge is 2.32. The van der Waals surface area contributed by atoms with Crippen LogP contribution in [0.2, 0.25) is 0 Å². The zero-order chi connectivity index (χ0) is 16.9. The zero-order valence-corrected chi connectivity index (χ0v) is 14.2. The van der Waals surface area contributed by atoms with Crippen molar-refractivity contribution in [1.82, 2.24) is 20.0 Å². The fourth-order valence-electron chi connectivity index (χ4n) is 3.14. The van der Waals surface area contributed by atoms with Gasteiger partial charge in [-0.15, -0.1) is 0 Å². The lowest BCUT2D eigenvalue weighted by Crippen LogP contribution is -2.40. The maximum Gasteiger partial charge on any atom is 0.318 e. The van der Waals surface area contributed by atoms with E-state index in [2.05, 4.69) is 10.4 Å². The minimum Gasteiger partial charge on any atom is -0.461 e. The van der Waals surface area contributed by atoms with Gasteiger partial charge in [0.05, 0.1) is 6.04 Å². The van der Waals surface area contributed by atoms with Gasteiger partial charge in [0.2, 0.25) is 0 Å². The van der Waals surface area contributed by atoms with Gasteiger partial charge < -0.3 is 19.4 Å². The Morgan fingerprint density at radius 1 is 1.46 bits per heavy atom. The number of aryl methyl sites for hydroxylation is 1. The minimum absolute atomic E-state index is 0.00677. The molecular formula is C17H24N4O3. The van der Waals surface area contributed by atoms with Crippen LogP contribution in [0.3, 0.4) is 0 Å². The van der Waals surface area contributed by atoms with E-state index in [1.165, 1.54) is 0 Å². The molecule has 1 fully saturated rings. The second-order valence-electron chi connectivity index (χ2n) is 6.02.